The van der Waals surface area contributed by atoms with Crippen LogP contribution in [0.25, 0.3) is 10.8 Å². The Morgan fingerprint density at radius 2 is 1.13 bits per heavy atom. The molecule has 22 nitrogen and oxygen atoms in total. The third kappa shape index (κ3) is 11.6. The van der Waals surface area contributed by atoms with Crippen molar-refractivity contribution in [2.24, 2.45) is 20.5 Å². The molecule has 1 heterocycles. The molecule has 6 aromatic rings. The van der Waals surface area contributed by atoms with Gasteiger partial charge in [0.25, 0.3) is 36.3 Å². The van der Waals surface area contributed by atoms with Crippen LogP contribution in [-0.2, 0) is 40.2 Å². The lowest BCUT2D eigenvalue weighted by atomic mass is 10.1. The maximum absolute atomic E-state index is 12.7. The summed E-state index contributed by atoms with van der Waals surface area (Å²) in [5.74, 6) is -0.536. The van der Waals surface area contributed by atoms with E-state index >= 15 is 0 Å². The van der Waals surface area contributed by atoms with Gasteiger partial charge in [-0.15, -0.1) is 0 Å². The lowest BCUT2D eigenvalue weighted by molar-refractivity contribution is 0.0950. The minimum Gasteiger partial charge on any atom is -0.335 e. The number of rotatable bonds is 15. The van der Waals surface area contributed by atoms with Crippen molar-refractivity contribution >= 4 is 114 Å². The molecule has 326 valence electrons. The van der Waals surface area contributed by atoms with Crippen molar-refractivity contribution in [2.45, 2.75) is 27.0 Å². The molecule has 0 fully saturated rings. The van der Waals surface area contributed by atoms with E-state index < -0.39 is 76.9 Å². The molecular formula is C36H29ClN10O12S4. The molecule has 63 heavy (non-hydrogen) atoms. The van der Waals surface area contributed by atoms with Crippen molar-refractivity contribution in [1.29, 1.82) is 0 Å². The molecule has 6 rings (SSSR count). The first kappa shape index (κ1) is 45.9. The molecule has 0 saturated carbocycles. The average molecular weight is 957 g/mol. The Balaban J connectivity index is 1.12. The number of carbonyl (C=O) groups is 1. The number of sulfone groups is 1. The quantitative estimate of drug-likeness (QED) is 0.0432. The number of aromatic nitrogens is 3. The van der Waals surface area contributed by atoms with Gasteiger partial charge in [0.1, 0.15) is 15.2 Å². The molecule has 1 amide bonds. The van der Waals surface area contributed by atoms with Crippen molar-refractivity contribution in [2.75, 3.05) is 10.6 Å². The van der Waals surface area contributed by atoms with E-state index in [1.54, 1.807) is 36.4 Å². The van der Waals surface area contributed by atoms with E-state index in [9.17, 15) is 52.1 Å². The van der Waals surface area contributed by atoms with Crippen LogP contribution in [0.15, 0.2) is 144 Å². The van der Waals surface area contributed by atoms with Crippen LogP contribution in [0.1, 0.15) is 17.3 Å². The Bertz CT molecular complexity index is 3320. The Kier molecular flexibility index (Phi) is 13.1. The summed E-state index contributed by atoms with van der Waals surface area (Å²) in [6.07, 6.45) is 0. The van der Waals surface area contributed by atoms with Gasteiger partial charge in [0.2, 0.25) is 17.2 Å². The van der Waals surface area contributed by atoms with E-state index in [1.165, 1.54) is 43.3 Å². The van der Waals surface area contributed by atoms with E-state index in [2.05, 4.69) is 57.9 Å². The van der Waals surface area contributed by atoms with Gasteiger partial charge < -0.3 is 16.0 Å². The van der Waals surface area contributed by atoms with Crippen molar-refractivity contribution in [3.05, 3.63) is 120 Å². The maximum Gasteiger partial charge on any atom is 0.295 e. The predicted octanol–water partition coefficient (Wildman–Crippen LogP) is 7.37. The van der Waals surface area contributed by atoms with Gasteiger partial charge >= 0.3 is 0 Å². The first-order valence-electron chi connectivity index (χ1n) is 17.3. The van der Waals surface area contributed by atoms with Gasteiger partial charge in [0, 0.05) is 33.1 Å². The van der Waals surface area contributed by atoms with Gasteiger partial charge in [-0.05, 0) is 110 Å². The lowest BCUT2D eigenvalue weighted by Gasteiger charge is -2.13. The number of amides is 1. The van der Waals surface area contributed by atoms with Crippen LogP contribution in [0.3, 0.4) is 0 Å². The fraction of sp³-hybridized carbons (Fsp3) is 0.0556. The highest BCUT2D eigenvalue weighted by Gasteiger charge is 2.26. The lowest BCUT2D eigenvalue weighted by Crippen LogP contribution is -2.37. The van der Waals surface area contributed by atoms with Crippen LogP contribution in [0.4, 0.5) is 46.0 Å². The van der Waals surface area contributed by atoms with Crippen LogP contribution in [0.2, 0.25) is 5.28 Å². The number of hydrogen-bond donors (Lipinski definition) is 6. The van der Waals surface area contributed by atoms with Gasteiger partial charge in [-0.1, -0.05) is 12.6 Å². The number of benzene rings is 5. The van der Waals surface area contributed by atoms with Crippen molar-refractivity contribution in [3.8, 4) is 0 Å². The molecule has 1 aromatic heterocycles. The van der Waals surface area contributed by atoms with Gasteiger partial charge in [-0.3, -0.25) is 18.5 Å². The zero-order chi connectivity index (χ0) is 45.9. The average Bonchev–Trinajstić information content (AvgIpc) is 3.21. The standard InChI is InChI=1S/C36H29ClN10O12S4/c1-3-60(49,50)20(2)38-33(48)21-5-4-6-26(15-21)40-36-42-34(37)41-35(43-36)39-22-7-9-23(10-8-22)44-45-24-11-13-25(14-12-24)46-47-27-16-29-30(31(17-27)62(54,55)56)18-28(61(51,52)53)19-32(29)63(57,58)59/h3-20H,1H2,2H3,(H,38,48)(H,51,52,53)(H,54,55,56)(H,57,58,59)(H2,39,40,41,42,43). The molecule has 6 N–H and O–H groups in total. The molecule has 1 unspecified atom stereocenters. The van der Waals surface area contributed by atoms with Crippen LogP contribution in [0, 0.1) is 0 Å². The molecule has 1 atom stereocenters. The summed E-state index contributed by atoms with van der Waals surface area (Å²) in [5.41, 5.74) is 1.79. The van der Waals surface area contributed by atoms with Crippen LogP contribution < -0.4 is 16.0 Å². The predicted molar refractivity (Wildman–Crippen MR) is 229 cm³/mol. The van der Waals surface area contributed by atoms with E-state index in [1.807, 2.05) is 0 Å². The van der Waals surface area contributed by atoms with Crippen molar-refractivity contribution < 1.29 is 52.1 Å². The zero-order valence-electron chi connectivity index (χ0n) is 31.8. The number of halogens is 1. The van der Waals surface area contributed by atoms with E-state index in [0.717, 1.165) is 17.5 Å². The highest BCUT2D eigenvalue weighted by Crippen LogP contribution is 2.36. The summed E-state index contributed by atoms with van der Waals surface area (Å²) < 4.78 is 125. The minimum atomic E-state index is -5.21. The summed E-state index contributed by atoms with van der Waals surface area (Å²) >= 11 is 6.15. The van der Waals surface area contributed by atoms with Crippen LogP contribution >= 0.6 is 11.6 Å². The number of nitrogens with zero attached hydrogens (tertiary/aromatic N) is 7. The highest BCUT2D eigenvalue weighted by atomic mass is 35.5. The molecule has 27 heteroatoms. The fourth-order valence-corrected chi connectivity index (χ4v) is 8.14. The summed E-state index contributed by atoms with van der Waals surface area (Å²) in [4.78, 5) is 22.0. The summed E-state index contributed by atoms with van der Waals surface area (Å²) in [6, 6.07) is 21.5. The fourth-order valence-electron chi connectivity index (χ4n) is 5.37. The monoisotopic (exact) mass is 956 g/mol. The van der Waals surface area contributed by atoms with E-state index in [0.29, 0.717) is 34.9 Å². The van der Waals surface area contributed by atoms with E-state index in [-0.39, 0.29) is 34.1 Å². The van der Waals surface area contributed by atoms with Crippen LogP contribution in [-0.4, -0.2) is 73.6 Å². The number of carbonyl (C=O) groups excluding carboxylic acids is 1. The molecule has 5 aromatic carbocycles. The molecule has 0 spiro atoms. The first-order valence-corrected chi connectivity index (χ1v) is 23.6. The largest absolute Gasteiger partial charge is 0.335 e. The Morgan fingerprint density at radius 3 is 1.65 bits per heavy atom. The number of azo groups is 2. The third-order valence-electron chi connectivity index (χ3n) is 8.39. The summed E-state index contributed by atoms with van der Waals surface area (Å²) in [6.45, 7) is 4.57. The number of hydrogen-bond acceptors (Lipinski definition) is 18. The molecular weight excluding hydrogens is 928 g/mol. The molecule has 0 bridgehead atoms. The van der Waals surface area contributed by atoms with Gasteiger partial charge in [0.05, 0.1) is 27.6 Å². The number of nitrogens with one attached hydrogen (secondary N) is 3. The number of anilines is 4. The zero-order valence-corrected chi connectivity index (χ0v) is 35.8. The Morgan fingerprint density at radius 1 is 0.635 bits per heavy atom. The normalized spacial score (nSPS) is 13.0. The van der Waals surface area contributed by atoms with Crippen molar-refractivity contribution in [1.82, 2.24) is 20.3 Å². The number of fused-ring (bicyclic) bond motifs is 1. The smallest absolute Gasteiger partial charge is 0.295 e. The first-order chi connectivity index (χ1) is 29.5. The second kappa shape index (κ2) is 18.0. The molecule has 0 aliphatic rings. The van der Waals surface area contributed by atoms with Crippen molar-refractivity contribution in [3.63, 3.8) is 0 Å². The summed E-state index contributed by atoms with van der Waals surface area (Å²) in [7, 11) is -19.2. The minimum absolute atomic E-state index is 0.0314. The molecule has 0 aliphatic carbocycles. The second-order valence-electron chi connectivity index (χ2n) is 12.8. The molecule has 0 saturated heterocycles. The molecule has 0 aliphatic heterocycles. The maximum atomic E-state index is 12.7. The van der Waals surface area contributed by atoms with Crippen LogP contribution in [0.5, 0.6) is 0 Å². The SMILES string of the molecule is C=CS(=O)(=O)C(C)NC(=O)c1cccc(Nc2nc(Cl)nc(Nc3ccc(N=Nc4ccc(N=Nc5cc(S(=O)(=O)O)c6cc(S(=O)(=O)O)cc(S(=O)(=O)O)c6c5)cc4)cc3)n2)c1. The van der Waals surface area contributed by atoms with Gasteiger partial charge in [0.15, 0.2) is 9.84 Å². The van der Waals surface area contributed by atoms with E-state index in [4.69, 9.17) is 11.6 Å². The summed E-state index contributed by atoms with van der Waals surface area (Å²) in [5, 5.41) is 22.8. The van der Waals surface area contributed by atoms with Gasteiger partial charge in [-0.25, -0.2) is 8.42 Å². The third-order valence-corrected chi connectivity index (χ3v) is 12.7. The Hall–Kier alpha value is -6.65. The highest BCUT2D eigenvalue weighted by molar-refractivity contribution is 7.94. The topological polar surface area (TPSA) is 339 Å². The molecule has 0 radical (unpaired) electrons. The Labute approximate surface area is 363 Å². The van der Waals surface area contributed by atoms with Gasteiger partial charge in [-0.2, -0.15) is 60.7 Å². The second-order valence-corrected chi connectivity index (χ2v) is 19.6.